The van der Waals surface area contributed by atoms with E-state index in [0.717, 1.165) is 17.4 Å². The molecule has 0 radical (unpaired) electrons. The summed E-state index contributed by atoms with van der Waals surface area (Å²) in [5.74, 6) is -1.06. The van der Waals surface area contributed by atoms with E-state index < -0.39 is 34.6 Å². The normalized spacial score (nSPS) is 11.9. The maximum absolute atomic E-state index is 14.5. The summed E-state index contributed by atoms with van der Waals surface area (Å²) in [6.45, 7) is 2.17. The van der Waals surface area contributed by atoms with Gasteiger partial charge in [0, 0.05) is 6.07 Å². The van der Waals surface area contributed by atoms with Crippen LogP contribution in [0.5, 0.6) is 5.19 Å². The number of benzene rings is 1. The van der Waals surface area contributed by atoms with Gasteiger partial charge in [0.2, 0.25) is 0 Å². The van der Waals surface area contributed by atoms with Crippen LogP contribution >= 0.6 is 22.9 Å². The van der Waals surface area contributed by atoms with E-state index in [0.29, 0.717) is 13.0 Å². The van der Waals surface area contributed by atoms with Gasteiger partial charge >= 0.3 is 11.9 Å². The lowest BCUT2D eigenvalue weighted by atomic mass is 10.2. The number of ether oxygens (including phenoxy) is 1. The third kappa shape index (κ3) is 3.56. The number of aromatic amines is 1. The Morgan fingerprint density at radius 1 is 1.33 bits per heavy atom. The van der Waals surface area contributed by atoms with Gasteiger partial charge in [0.15, 0.2) is 5.82 Å². The minimum atomic E-state index is -4.93. The second kappa shape index (κ2) is 6.97. The first-order valence-corrected chi connectivity index (χ1v) is 8.68. The van der Waals surface area contributed by atoms with Gasteiger partial charge in [-0.3, -0.25) is 4.79 Å². The van der Waals surface area contributed by atoms with Crippen molar-refractivity contribution in [1.82, 2.24) is 14.5 Å². The Hall–Kier alpha value is -2.40. The molecule has 0 aliphatic carbocycles. The van der Waals surface area contributed by atoms with Crippen molar-refractivity contribution in [3.63, 3.8) is 0 Å². The van der Waals surface area contributed by atoms with Gasteiger partial charge in [-0.05, 0) is 12.5 Å². The Morgan fingerprint density at radius 3 is 2.63 bits per heavy atom. The number of alkyl halides is 3. The van der Waals surface area contributed by atoms with Gasteiger partial charge in [-0.1, -0.05) is 29.9 Å². The molecule has 3 aromatic rings. The monoisotopic (exact) mass is 423 g/mol. The van der Waals surface area contributed by atoms with E-state index in [4.69, 9.17) is 16.3 Å². The molecule has 0 aliphatic rings. The highest BCUT2D eigenvalue weighted by molar-refractivity contribution is 7.20. The molecule has 1 N–H and O–H groups in total. The molecule has 0 atom stereocenters. The van der Waals surface area contributed by atoms with E-state index >= 15 is 0 Å². The molecule has 0 amide bonds. The molecule has 1 aromatic carbocycles. The van der Waals surface area contributed by atoms with Crippen molar-refractivity contribution in [2.45, 2.75) is 19.5 Å². The van der Waals surface area contributed by atoms with Crippen LogP contribution in [0.2, 0.25) is 5.02 Å². The number of aromatic nitrogens is 3. The molecule has 12 heteroatoms. The Labute approximate surface area is 157 Å². The highest BCUT2D eigenvalue weighted by Crippen LogP contribution is 2.37. The van der Waals surface area contributed by atoms with Crippen molar-refractivity contribution in [2.75, 3.05) is 6.61 Å². The lowest BCUT2D eigenvalue weighted by Gasteiger charge is -2.10. The van der Waals surface area contributed by atoms with Crippen LogP contribution in [0.15, 0.2) is 21.7 Å². The summed E-state index contributed by atoms with van der Waals surface area (Å²) in [5, 5.41) is 0.0298. The zero-order valence-corrected chi connectivity index (χ0v) is 15.1. The quantitative estimate of drug-likeness (QED) is 0.649. The molecular weight excluding hydrogens is 414 g/mol. The number of hydrogen-bond donors (Lipinski definition) is 1. The Bertz CT molecular complexity index is 1110. The van der Waals surface area contributed by atoms with Crippen molar-refractivity contribution in [3.8, 4) is 10.9 Å². The average Bonchev–Trinajstić information content (AvgIpc) is 2.98. The lowest BCUT2D eigenvalue weighted by molar-refractivity contribution is -0.141. The first-order chi connectivity index (χ1) is 12.6. The maximum atomic E-state index is 14.5. The molecule has 0 aliphatic heterocycles. The van der Waals surface area contributed by atoms with Gasteiger partial charge in [-0.25, -0.2) is 18.7 Å². The molecule has 0 saturated carbocycles. The first-order valence-electron chi connectivity index (χ1n) is 7.48. The second-order valence-electron chi connectivity index (χ2n) is 5.35. The molecule has 2 heterocycles. The van der Waals surface area contributed by atoms with Crippen LogP contribution in [0.25, 0.3) is 15.9 Å². The van der Waals surface area contributed by atoms with Crippen LogP contribution in [0.1, 0.15) is 19.0 Å². The van der Waals surface area contributed by atoms with E-state index in [9.17, 15) is 27.2 Å². The van der Waals surface area contributed by atoms with Crippen molar-refractivity contribution in [3.05, 3.63) is 49.5 Å². The highest BCUT2D eigenvalue weighted by Gasteiger charge is 2.33. The Kier molecular flexibility index (Phi) is 5.00. The summed E-state index contributed by atoms with van der Waals surface area (Å²) in [7, 11) is 0. The third-order valence-corrected chi connectivity index (χ3v) is 4.68. The predicted octanol–water partition coefficient (Wildman–Crippen LogP) is 3.74. The van der Waals surface area contributed by atoms with Crippen LogP contribution in [-0.4, -0.2) is 21.1 Å². The third-order valence-electron chi connectivity index (χ3n) is 3.42. The zero-order valence-electron chi connectivity index (χ0n) is 13.5. The summed E-state index contributed by atoms with van der Waals surface area (Å²) < 4.78 is 58.4. The van der Waals surface area contributed by atoms with Crippen LogP contribution in [0, 0.1) is 5.82 Å². The molecule has 6 nitrogen and oxygen atoms in total. The number of fused-ring (bicyclic) bond motifs is 1. The molecule has 0 unspecified atom stereocenters. The summed E-state index contributed by atoms with van der Waals surface area (Å²) in [5.41, 5.74) is -4.80. The summed E-state index contributed by atoms with van der Waals surface area (Å²) in [6, 6.07) is 1.00. The van der Waals surface area contributed by atoms with Crippen molar-refractivity contribution in [2.24, 2.45) is 0 Å². The van der Waals surface area contributed by atoms with Crippen molar-refractivity contribution < 1.29 is 22.3 Å². The molecule has 0 bridgehead atoms. The van der Waals surface area contributed by atoms with Crippen LogP contribution in [-0.2, 0) is 6.18 Å². The van der Waals surface area contributed by atoms with Gasteiger partial charge in [0.1, 0.15) is 16.9 Å². The largest absolute Gasteiger partial charge is 0.470 e. The molecule has 144 valence electrons. The fourth-order valence-corrected chi connectivity index (χ4v) is 3.58. The van der Waals surface area contributed by atoms with Gasteiger partial charge in [-0.2, -0.15) is 13.2 Å². The fourth-order valence-electron chi connectivity index (χ4n) is 2.30. The Morgan fingerprint density at radius 2 is 2.04 bits per heavy atom. The number of nitrogens with zero attached hydrogens (tertiary/aromatic N) is 2. The zero-order chi connectivity index (χ0) is 19.9. The smallest absolute Gasteiger partial charge is 0.431 e. The molecular formula is C15H10ClF4N3O3S. The van der Waals surface area contributed by atoms with Gasteiger partial charge < -0.3 is 9.72 Å². The molecule has 3 rings (SSSR count). The van der Waals surface area contributed by atoms with E-state index in [2.05, 4.69) is 4.98 Å². The average molecular weight is 424 g/mol. The van der Waals surface area contributed by atoms with Crippen molar-refractivity contribution >= 4 is 33.2 Å². The van der Waals surface area contributed by atoms with Gasteiger partial charge in [0.25, 0.3) is 10.8 Å². The van der Waals surface area contributed by atoms with Crippen LogP contribution < -0.4 is 16.0 Å². The number of thiazole rings is 1. The molecule has 0 fully saturated rings. The molecule has 0 spiro atoms. The number of rotatable bonds is 4. The van der Waals surface area contributed by atoms with E-state index in [1.54, 1.807) is 0 Å². The van der Waals surface area contributed by atoms with Crippen LogP contribution in [0.4, 0.5) is 17.6 Å². The maximum Gasteiger partial charge on any atom is 0.431 e. The minimum Gasteiger partial charge on any atom is -0.470 e. The standard InChI is InChI=1S/C15H10ClF4N3O3S/c1-2-3-26-14-22-10-6(16)4-7(17)11(12(10)27-14)23-9(24)5-8(15(18,19)20)21-13(23)25/h4-5H,2-3H2,1H3,(H,21,25). The van der Waals surface area contributed by atoms with E-state index in [-0.39, 0.29) is 31.1 Å². The first kappa shape index (κ1) is 19.4. The number of nitrogens with one attached hydrogen (secondary N) is 1. The topological polar surface area (TPSA) is 77.0 Å². The van der Waals surface area contributed by atoms with Gasteiger partial charge in [-0.15, -0.1) is 0 Å². The summed E-state index contributed by atoms with van der Waals surface area (Å²) in [4.78, 5) is 29.9. The lowest BCUT2D eigenvalue weighted by Crippen LogP contribution is -2.36. The number of H-pyrrole nitrogens is 1. The predicted molar refractivity (Wildman–Crippen MR) is 91.6 cm³/mol. The minimum absolute atomic E-state index is 0.00142. The second-order valence-corrected chi connectivity index (χ2v) is 6.72. The van der Waals surface area contributed by atoms with Gasteiger partial charge in [0.05, 0.1) is 16.3 Å². The van der Waals surface area contributed by atoms with Crippen LogP contribution in [0.3, 0.4) is 0 Å². The molecule has 0 saturated heterocycles. The van der Waals surface area contributed by atoms with E-state index in [1.165, 1.54) is 4.98 Å². The SMILES string of the molecule is CCCOc1nc2c(Cl)cc(F)c(-n3c(=O)cc(C(F)(F)F)[nH]c3=O)c2s1. The Balaban J connectivity index is 2.30. The molecule has 2 aromatic heterocycles. The fraction of sp³-hybridized carbons (Fsp3) is 0.267. The summed E-state index contributed by atoms with van der Waals surface area (Å²) >= 11 is 6.78. The number of halogens is 5. The highest BCUT2D eigenvalue weighted by atomic mass is 35.5. The van der Waals surface area contributed by atoms with Crippen molar-refractivity contribution in [1.29, 1.82) is 0 Å². The number of hydrogen-bond acceptors (Lipinski definition) is 5. The summed E-state index contributed by atoms with van der Waals surface area (Å²) in [6.07, 6.45) is -4.26. The van der Waals surface area contributed by atoms with E-state index in [1.807, 2.05) is 6.92 Å². The molecule has 27 heavy (non-hydrogen) atoms.